The SMILES string of the molecule is CCCc1nc(C(=O)N2C[C@H]3C[C@@H](Oc4ccc(F)cc4)[C@H](O)C[C@H]3C2)cs1. The lowest BCUT2D eigenvalue weighted by molar-refractivity contribution is -0.0231. The number of rotatable bonds is 5. The van der Waals surface area contributed by atoms with E-state index in [1.54, 1.807) is 23.5 Å². The van der Waals surface area contributed by atoms with E-state index in [4.69, 9.17) is 4.74 Å². The maximum atomic E-state index is 13.1. The number of hydrogen-bond acceptors (Lipinski definition) is 5. The van der Waals surface area contributed by atoms with Gasteiger partial charge in [0.1, 0.15) is 23.4 Å². The summed E-state index contributed by atoms with van der Waals surface area (Å²) in [4.78, 5) is 19.2. The molecule has 2 fully saturated rings. The number of carbonyl (C=O) groups is 1. The molecule has 2 heterocycles. The molecule has 1 saturated carbocycles. The van der Waals surface area contributed by atoms with Crippen molar-refractivity contribution < 1.29 is 19.0 Å². The van der Waals surface area contributed by atoms with E-state index >= 15 is 0 Å². The van der Waals surface area contributed by atoms with Crippen LogP contribution in [0.3, 0.4) is 0 Å². The van der Waals surface area contributed by atoms with E-state index in [0.29, 0.717) is 43.3 Å². The maximum Gasteiger partial charge on any atom is 0.273 e. The van der Waals surface area contributed by atoms with Gasteiger partial charge in [-0.1, -0.05) is 6.92 Å². The number of benzene rings is 1. The summed E-state index contributed by atoms with van der Waals surface area (Å²) in [6, 6.07) is 5.86. The predicted octanol–water partition coefficient (Wildman–Crippen LogP) is 3.53. The molecule has 1 aliphatic heterocycles. The zero-order chi connectivity index (χ0) is 19.7. The van der Waals surface area contributed by atoms with Gasteiger partial charge in [0.15, 0.2) is 0 Å². The van der Waals surface area contributed by atoms with Crippen LogP contribution in [-0.2, 0) is 6.42 Å². The lowest BCUT2D eigenvalue weighted by Crippen LogP contribution is -2.42. The Labute approximate surface area is 168 Å². The monoisotopic (exact) mass is 404 g/mol. The molecule has 150 valence electrons. The molecule has 7 heteroatoms. The van der Waals surface area contributed by atoms with Gasteiger partial charge in [-0.05, 0) is 61.8 Å². The van der Waals surface area contributed by atoms with Crippen LogP contribution in [0.4, 0.5) is 4.39 Å². The molecule has 2 aromatic rings. The first-order chi connectivity index (χ1) is 13.5. The average Bonchev–Trinajstić information content (AvgIpc) is 3.30. The number of nitrogens with zero attached hydrogens (tertiary/aromatic N) is 2. The van der Waals surface area contributed by atoms with Gasteiger partial charge in [0.05, 0.1) is 11.1 Å². The summed E-state index contributed by atoms with van der Waals surface area (Å²) in [5.74, 6) is 0.803. The molecule has 28 heavy (non-hydrogen) atoms. The van der Waals surface area contributed by atoms with E-state index in [9.17, 15) is 14.3 Å². The van der Waals surface area contributed by atoms with Crippen molar-refractivity contribution in [2.75, 3.05) is 13.1 Å². The number of thiazole rings is 1. The highest BCUT2D eigenvalue weighted by atomic mass is 32.1. The van der Waals surface area contributed by atoms with Gasteiger partial charge < -0.3 is 14.7 Å². The van der Waals surface area contributed by atoms with Gasteiger partial charge in [-0.25, -0.2) is 9.37 Å². The highest BCUT2D eigenvalue weighted by Gasteiger charge is 2.44. The van der Waals surface area contributed by atoms with Gasteiger partial charge in [0.2, 0.25) is 0 Å². The number of aliphatic hydroxyl groups is 1. The molecule has 2 aliphatic rings. The van der Waals surface area contributed by atoms with Crippen molar-refractivity contribution >= 4 is 17.2 Å². The second-order valence-corrected chi connectivity index (χ2v) is 8.70. The minimum atomic E-state index is -0.586. The number of amides is 1. The molecule has 0 spiro atoms. The van der Waals surface area contributed by atoms with Crippen LogP contribution in [0.5, 0.6) is 5.75 Å². The van der Waals surface area contributed by atoms with Crippen molar-refractivity contribution in [1.82, 2.24) is 9.88 Å². The van der Waals surface area contributed by atoms with Crippen LogP contribution >= 0.6 is 11.3 Å². The number of ether oxygens (including phenoxy) is 1. The minimum absolute atomic E-state index is 0.0153. The van der Waals surface area contributed by atoms with Gasteiger partial charge in [0.25, 0.3) is 5.91 Å². The van der Waals surface area contributed by atoms with Crippen molar-refractivity contribution in [3.05, 3.63) is 46.2 Å². The number of carbonyl (C=O) groups excluding carboxylic acids is 1. The van der Waals surface area contributed by atoms with E-state index in [2.05, 4.69) is 11.9 Å². The number of hydrogen-bond donors (Lipinski definition) is 1. The van der Waals surface area contributed by atoms with E-state index in [-0.39, 0.29) is 23.7 Å². The van der Waals surface area contributed by atoms with Crippen molar-refractivity contribution in [2.45, 2.75) is 44.8 Å². The summed E-state index contributed by atoms with van der Waals surface area (Å²) in [6.45, 7) is 3.42. The third-order valence-corrected chi connectivity index (χ3v) is 6.62. The molecule has 1 N–H and O–H groups in total. The van der Waals surface area contributed by atoms with E-state index in [0.717, 1.165) is 17.8 Å². The van der Waals surface area contributed by atoms with Crippen LogP contribution in [0.2, 0.25) is 0 Å². The second-order valence-electron chi connectivity index (χ2n) is 7.76. The Kier molecular flexibility index (Phi) is 5.64. The first-order valence-corrected chi connectivity index (χ1v) is 10.8. The number of halogens is 1. The van der Waals surface area contributed by atoms with Gasteiger partial charge in [-0.15, -0.1) is 11.3 Å². The molecule has 1 aliphatic carbocycles. The number of aromatic nitrogens is 1. The largest absolute Gasteiger partial charge is 0.488 e. The van der Waals surface area contributed by atoms with E-state index in [1.165, 1.54) is 12.1 Å². The lowest BCUT2D eigenvalue weighted by atomic mass is 9.78. The molecule has 1 aromatic heterocycles. The summed E-state index contributed by atoms with van der Waals surface area (Å²) < 4.78 is 19.0. The molecule has 1 saturated heterocycles. The summed E-state index contributed by atoms with van der Waals surface area (Å²) in [5.41, 5.74) is 0.534. The van der Waals surface area contributed by atoms with Crippen LogP contribution in [0.1, 0.15) is 41.7 Å². The topological polar surface area (TPSA) is 62.7 Å². The number of likely N-dealkylation sites (tertiary alicyclic amines) is 1. The molecular weight excluding hydrogens is 379 g/mol. The van der Waals surface area contributed by atoms with Gasteiger partial charge in [-0.2, -0.15) is 0 Å². The molecule has 1 aromatic carbocycles. The highest BCUT2D eigenvalue weighted by molar-refractivity contribution is 7.09. The Bertz CT molecular complexity index is 825. The number of aliphatic hydroxyl groups excluding tert-OH is 1. The van der Waals surface area contributed by atoms with Gasteiger partial charge >= 0.3 is 0 Å². The third kappa shape index (κ3) is 4.05. The van der Waals surface area contributed by atoms with Crippen molar-refractivity contribution in [1.29, 1.82) is 0 Å². The molecule has 5 nitrogen and oxygen atoms in total. The molecule has 1 amide bonds. The molecule has 0 unspecified atom stereocenters. The van der Waals surface area contributed by atoms with Crippen LogP contribution in [0.15, 0.2) is 29.6 Å². The summed E-state index contributed by atoms with van der Waals surface area (Å²) >= 11 is 1.54. The fraction of sp³-hybridized carbons (Fsp3) is 0.524. The van der Waals surface area contributed by atoms with Gasteiger partial charge in [0, 0.05) is 18.5 Å². The van der Waals surface area contributed by atoms with Crippen LogP contribution in [0, 0.1) is 17.7 Å². The second kappa shape index (κ2) is 8.17. The molecule has 0 bridgehead atoms. The van der Waals surface area contributed by atoms with Crippen LogP contribution in [-0.4, -0.2) is 46.2 Å². The molecular formula is C21H25FN2O3S. The van der Waals surface area contributed by atoms with Crippen molar-refractivity contribution in [3.63, 3.8) is 0 Å². The summed E-state index contributed by atoms with van der Waals surface area (Å²) in [6.07, 6.45) is 2.29. The quantitative estimate of drug-likeness (QED) is 0.828. The van der Waals surface area contributed by atoms with Crippen LogP contribution < -0.4 is 4.74 Å². The lowest BCUT2D eigenvalue weighted by Gasteiger charge is -2.35. The highest BCUT2D eigenvalue weighted by Crippen LogP contribution is 2.38. The molecule has 0 radical (unpaired) electrons. The fourth-order valence-electron chi connectivity index (χ4n) is 4.27. The summed E-state index contributed by atoms with van der Waals surface area (Å²) in [5, 5.41) is 13.4. The number of aryl methyl sites for hydroxylation is 1. The molecule has 4 atom stereocenters. The average molecular weight is 405 g/mol. The first-order valence-electron chi connectivity index (χ1n) is 9.87. The smallest absolute Gasteiger partial charge is 0.273 e. The maximum absolute atomic E-state index is 13.1. The Morgan fingerprint density at radius 2 is 2.00 bits per heavy atom. The van der Waals surface area contributed by atoms with Gasteiger partial charge in [-0.3, -0.25) is 4.79 Å². The van der Waals surface area contributed by atoms with E-state index in [1.807, 2.05) is 10.3 Å². The van der Waals surface area contributed by atoms with E-state index < -0.39 is 6.10 Å². The molecule has 4 rings (SSSR count). The fourth-order valence-corrected chi connectivity index (χ4v) is 5.14. The Morgan fingerprint density at radius 3 is 2.71 bits per heavy atom. The normalized spacial score (nSPS) is 26.9. The Hall–Kier alpha value is -1.99. The predicted molar refractivity (Wildman–Crippen MR) is 105 cm³/mol. The third-order valence-electron chi connectivity index (χ3n) is 5.71. The summed E-state index contributed by atoms with van der Waals surface area (Å²) in [7, 11) is 0. The Morgan fingerprint density at radius 1 is 1.29 bits per heavy atom. The van der Waals surface area contributed by atoms with Crippen LogP contribution in [0.25, 0.3) is 0 Å². The zero-order valence-electron chi connectivity index (χ0n) is 15.9. The zero-order valence-corrected chi connectivity index (χ0v) is 16.7. The van der Waals surface area contributed by atoms with Crippen molar-refractivity contribution in [3.8, 4) is 5.75 Å². The number of fused-ring (bicyclic) bond motifs is 1. The minimum Gasteiger partial charge on any atom is -0.488 e. The van der Waals surface area contributed by atoms with Crippen molar-refractivity contribution in [2.24, 2.45) is 11.8 Å². The first kappa shape index (κ1) is 19.3. The Balaban J connectivity index is 1.39. The standard InChI is InChI=1S/C21H25FN2O3S/c1-2-3-20-23-17(12-28-20)21(26)24-10-13-8-18(25)19(9-14(13)11-24)27-16-6-4-15(22)5-7-16/h4-7,12-14,18-19,25H,2-3,8-11H2,1H3/t13-,14+,18+,19+/m0/s1.